The minimum Gasteiger partial charge on any atom is -0.306 e. The van der Waals surface area contributed by atoms with E-state index in [1.54, 1.807) is 0 Å². The first-order valence-electron chi connectivity index (χ1n) is 3.38. The molecule has 0 radical (unpaired) electrons. The maximum absolute atomic E-state index is 11.6. The topological polar surface area (TPSA) is 15.3 Å². The van der Waals surface area contributed by atoms with E-state index < -0.39 is 6.43 Å². The number of rotatable bonds is 3. The summed E-state index contributed by atoms with van der Waals surface area (Å²) in [7, 11) is 1.97. The van der Waals surface area contributed by atoms with E-state index in [4.69, 9.17) is 0 Å². The van der Waals surface area contributed by atoms with E-state index in [0.717, 1.165) is 13.1 Å². The van der Waals surface area contributed by atoms with Crippen LogP contribution in [0.4, 0.5) is 8.78 Å². The van der Waals surface area contributed by atoms with Gasteiger partial charge in [0, 0.05) is 19.1 Å². The molecular weight excluding hydrogens is 138 g/mol. The summed E-state index contributed by atoms with van der Waals surface area (Å²) in [6.07, 6.45) is -2.22. The third kappa shape index (κ3) is 2.19. The monoisotopic (exact) mass is 150 g/mol. The van der Waals surface area contributed by atoms with Crippen molar-refractivity contribution in [3.8, 4) is 0 Å². The molecule has 1 fully saturated rings. The fourth-order valence-corrected chi connectivity index (χ4v) is 1.08. The second kappa shape index (κ2) is 3.25. The molecule has 1 N–H and O–H groups in total. The number of alkyl halides is 2. The van der Waals surface area contributed by atoms with E-state index in [9.17, 15) is 8.78 Å². The summed E-state index contributed by atoms with van der Waals surface area (Å²) in [6, 6.07) is 0.291. The normalized spacial score (nSPS) is 21.6. The Morgan fingerprint density at radius 2 is 2.20 bits per heavy atom. The van der Waals surface area contributed by atoms with E-state index in [0.29, 0.717) is 6.04 Å². The number of halogens is 2. The SMILES string of the molecule is CN1CC(NCC(F)F)C1. The molecule has 0 aromatic heterocycles. The van der Waals surface area contributed by atoms with Gasteiger partial charge >= 0.3 is 0 Å². The predicted octanol–water partition coefficient (Wildman–Crippen LogP) is 0.155. The lowest BCUT2D eigenvalue weighted by atomic mass is 10.1. The highest BCUT2D eigenvalue weighted by Gasteiger charge is 2.22. The fraction of sp³-hybridized carbons (Fsp3) is 1.00. The zero-order valence-electron chi connectivity index (χ0n) is 5.98. The molecule has 0 aliphatic carbocycles. The quantitative estimate of drug-likeness (QED) is 0.616. The standard InChI is InChI=1S/C6H12F2N2/c1-10-3-5(4-10)9-2-6(7)8/h5-6,9H,2-4H2,1H3. The van der Waals surface area contributed by atoms with Crippen molar-refractivity contribution in [1.29, 1.82) is 0 Å². The van der Waals surface area contributed by atoms with Gasteiger partial charge in [-0.05, 0) is 7.05 Å². The minimum atomic E-state index is -2.22. The number of nitrogens with one attached hydrogen (secondary N) is 1. The highest BCUT2D eigenvalue weighted by Crippen LogP contribution is 2.03. The molecule has 0 unspecified atom stereocenters. The fourth-order valence-electron chi connectivity index (χ4n) is 1.08. The lowest BCUT2D eigenvalue weighted by Crippen LogP contribution is -2.56. The first-order chi connectivity index (χ1) is 4.68. The molecule has 1 saturated heterocycles. The van der Waals surface area contributed by atoms with Crippen molar-refractivity contribution in [2.45, 2.75) is 12.5 Å². The van der Waals surface area contributed by atoms with Crippen LogP contribution in [0, 0.1) is 0 Å². The zero-order valence-corrected chi connectivity index (χ0v) is 5.98. The molecule has 0 amide bonds. The highest BCUT2D eigenvalue weighted by atomic mass is 19.3. The van der Waals surface area contributed by atoms with E-state index in [1.165, 1.54) is 0 Å². The van der Waals surface area contributed by atoms with Crippen molar-refractivity contribution in [2.24, 2.45) is 0 Å². The van der Waals surface area contributed by atoms with Crippen molar-refractivity contribution < 1.29 is 8.78 Å². The van der Waals surface area contributed by atoms with Crippen LogP contribution in [-0.4, -0.2) is 44.0 Å². The van der Waals surface area contributed by atoms with Crippen molar-refractivity contribution in [1.82, 2.24) is 10.2 Å². The zero-order chi connectivity index (χ0) is 7.56. The Bertz CT molecular complexity index is 102. The van der Waals surface area contributed by atoms with Gasteiger partial charge in [0.2, 0.25) is 0 Å². The van der Waals surface area contributed by atoms with Crippen molar-refractivity contribution in [3.05, 3.63) is 0 Å². The summed E-state index contributed by atoms with van der Waals surface area (Å²) in [4.78, 5) is 2.09. The Morgan fingerprint density at radius 1 is 1.60 bits per heavy atom. The number of hydrogen-bond donors (Lipinski definition) is 1. The maximum atomic E-state index is 11.6. The van der Waals surface area contributed by atoms with E-state index >= 15 is 0 Å². The van der Waals surface area contributed by atoms with Gasteiger partial charge in [-0.3, -0.25) is 0 Å². The molecule has 0 atom stereocenters. The van der Waals surface area contributed by atoms with Crippen LogP contribution in [0.5, 0.6) is 0 Å². The largest absolute Gasteiger partial charge is 0.306 e. The van der Waals surface area contributed by atoms with E-state index in [2.05, 4.69) is 10.2 Å². The molecule has 1 rings (SSSR count). The molecule has 0 aromatic rings. The molecule has 1 aliphatic rings. The van der Waals surface area contributed by atoms with Crippen LogP contribution < -0.4 is 5.32 Å². The number of nitrogens with zero attached hydrogens (tertiary/aromatic N) is 1. The number of hydrogen-bond acceptors (Lipinski definition) is 2. The Labute approximate surface area is 59.2 Å². The molecule has 4 heteroatoms. The first kappa shape index (κ1) is 7.88. The summed E-state index contributed by atoms with van der Waals surface area (Å²) in [5, 5.41) is 2.76. The number of likely N-dealkylation sites (tertiary alicyclic amines) is 1. The van der Waals surface area contributed by atoms with Crippen molar-refractivity contribution in [3.63, 3.8) is 0 Å². The third-order valence-corrected chi connectivity index (χ3v) is 1.62. The molecule has 1 aliphatic heterocycles. The molecule has 60 valence electrons. The summed E-state index contributed by atoms with van der Waals surface area (Å²) in [6.45, 7) is 1.62. The van der Waals surface area contributed by atoms with Crippen molar-refractivity contribution in [2.75, 3.05) is 26.7 Å². The maximum Gasteiger partial charge on any atom is 0.250 e. The van der Waals surface area contributed by atoms with Gasteiger partial charge < -0.3 is 10.2 Å². The smallest absolute Gasteiger partial charge is 0.250 e. The first-order valence-corrected chi connectivity index (χ1v) is 3.38. The highest BCUT2D eigenvalue weighted by molar-refractivity contribution is 4.83. The number of likely N-dealkylation sites (N-methyl/N-ethyl adjacent to an activating group) is 1. The van der Waals surface area contributed by atoms with Crippen LogP contribution in [0.15, 0.2) is 0 Å². The molecule has 2 nitrogen and oxygen atoms in total. The van der Waals surface area contributed by atoms with Gasteiger partial charge in [0.1, 0.15) is 0 Å². The Balaban J connectivity index is 1.95. The van der Waals surface area contributed by atoms with Crippen LogP contribution in [-0.2, 0) is 0 Å². The van der Waals surface area contributed by atoms with Crippen LogP contribution in [0.25, 0.3) is 0 Å². The van der Waals surface area contributed by atoms with Gasteiger partial charge in [-0.1, -0.05) is 0 Å². The minimum absolute atomic E-state index is 0.168. The Morgan fingerprint density at radius 3 is 2.60 bits per heavy atom. The lowest BCUT2D eigenvalue weighted by molar-refractivity contribution is 0.109. The molecular formula is C6H12F2N2. The van der Waals surface area contributed by atoms with Crippen LogP contribution in [0.3, 0.4) is 0 Å². The summed E-state index contributed by atoms with van der Waals surface area (Å²) < 4.78 is 23.2. The summed E-state index contributed by atoms with van der Waals surface area (Å²) in [5.74, 6) is 0. The predicted molar refractivity (Wildman–Crippen MR) is 35.3 cm³/mol. The van der Waals surface area contributed by atoms with Crippen LogP contribution in [0.2, 0.25) is 0 Å². The Hall–Kier alpha value is -0.220. The van der Waals surface area contributed by atoms with Gasteiger partial charge in [-0.2, -0.15) is 0 Å². The van der Waals surface area contributed by atoms with E-state index in [-0.39, 0.29) is 6.54 Å². The van der Waals surface area contributed by atoms with Gasteiger partial charge in [0.05, 0.1) is 6.54 Å². The van der Waals surface area contributed by atoms with Crippen LogP contribution >= 0.6 is 0 Å². The molecule has 1 heterocycles. The second-order valence-electron chi connectivity index (χ2n) is 2.72. The summed E-state index contributed by atoms with van der Waals surface area (Å²) >= 11 is 0. The molecule has 0 aromatic carbocycles. The molecule has 0 spiro atoms. The Kier molecular flexibility index (Phi) is 2.56. The lowest BCUT2D eigenvalue weighted by Gasteiger charge is -2.36. The molecule has 0 bridgehead atoms. The van der Waals surface area contributed by atoms with Gasteiger partial charge in [-0.25, -0.2) is 8.78 Å². The molecule has 10 heavy (non-hydrogen) atoms. The summed E-state index contributed by atoms with van der Waals surface area (Å²) in [5.41, 5.74) is 0. The average Bonchev–Trinajstić information content (AvgIpc) is 1.77. The average molecular weight is 150 g/mol. The third-order valence-electron chi connectivity index (χ3n) is 1.62. The molecule has 0 saturated carbocycles. The van der Waals surface area contributed by atoms with Gasteiger partial charge in [0.25, 0.3) is 6.43 Å². The van der Waals surface area contributed by atoms with Gasteiger partial charge in [-0.15, -0.1) is 0 Å². The van der Waals surface area contributed by atoms with Crippen LogP contribution in [0.1, 0.15) is 0 Å². The van der Waals surface area contributed by atoms with E-state index in [1.807, 2.05) is 7.05 Å². The van der Waals surface area contributed by atoms with Gasteiger partial charge in [0.15, 0.2) is 0 Å². The van der Waals surface area contributed by atoms with Crippen molar-refractivity contribution >= 4 is 0 Å². The second-order valence-corrected chi connectivity index (χ2v) is 2.72.